The summed E-state index contributed by atoms with van der Waals surface area (Å²) in [6.45, 7) is 1.66. The van der Waals surface area contributed by atoms with Gasteiger partial charge in [-0.3, -0.25) is 0 Å². The summed E-state index contributed by atoms with van der Waals surface area (Å²) in [6.07, 6.45) is -2.54. The monoisotopic (exact) mass is 446 g/mol. The molecule has 0 radical (unpaired) electrons. The second-order valence-electron chi connectivity index (χ2n) is 6.78. The van der Waals surface area contributed by atoms with Crippen molar-refractivity contribution in [3.63, 3.8) is 0 Å². The van der Waals surface area contributed by atoms with Gasteiger partial charge in [-0.2, -0.15) is 0 Å². The van der Waals surface area contributed by atoms with E-state index in [1.165, 1.54) is 6.92 Å². The summed E-state index contributed by atoms with van der Waals surface area (Å²) in [5.74, 6) is 1.41. The Hall–Kier alpha value is -2.24. The van der Waals surface area contributed by atoms with Crippen molar-refractivity contribution in [2.24, 2.45) is 0 Å². The number of hydrogen-bond donors (Lipinski definition) is 0. The first-order valence-electron chi connectivity index (χ1n) is 8.91. The molecule has 0 N–H and O–H groups in total. The minimum absolute atomic E-state index is 0.0872. The number of ether oxygens (including phenoxy) is 2. The van der Waals surface area contributed by atoms with E-state index in [4.69, 9.17) is 9.47 Å². The maximum Gasteiger partial charge on any atom is 0.250 e. The third-order valence-electron chi connectivity index (χ3n) is 4.53. The second-order valence-corrected chi connectivity index (χ2v) is 7.70. The lowest BCUT2D eigenvalue weighted by Gasteiger charge is -2.29. The molecule has 28 heavy (non-hydrogen) atoms. The van der Waals surface area contributed by atoms with E-state index in [2.05, 4.69) is 15.9 Å². The van der Waals surface area contributed by atoms with Crippen molar-refractivity contribution in [1.82, 2.24) is 0 Å². The molecule has 146 valence electrons. The Balaban J connectivity index is 1.64. The maximum absolute atomic E-state index is 13.8. The number of rotatable bonds is 8. The van der Waals surface area contributed by atoms with Crippen LogP contribution >= 0.6 is 15.9 Å². The lowest BCUT2D eigenvalue weighted by molar-refractivity contribution is -0.0128. The summed E-state index contributed by atoms with van der Waals surface area (Å²) in [5, 5.41) is 0. The van der Waals surface area contributed by atoms with Crippen LogP contribution in [0, 0.1) is 0 Å². The van der Waals surface area contributed by atoms with E-state index in [0.29, 0.717) is 11.3 Å². The van der Waals surface area contributed by atoms with E-state index in [-0.39, 0.29) is 13.2 Å². The molecule has 0 aliphatic heterocycles. The SMILES string of the molecule is CC(COCc1cccc(Oc2ccccc2)c1)(c1ccc(Br)cc1)C(F)F. The van der Waals surface area contributed by atoms with Crippen molar-refractivity contribution in [2.45, 2.75) is 25.4 Å². The molecule has 0 bridgehead atoms. The van der Waals surface area contributed by atoms with Crippen molar-refractivity contribution < 1.29 is 18.3 Å². The summed E-state index contributed by atoms with van der Waals surface area (Å²) in [5.41, 5.74) is 0.0338. The predicted molar refractivity (Wildman–Crippen MR) is 110 cm³/mol. The highest BCUT2D eigenvalue weighted by Crippen LogP contribution is 2.32. The molecule has 0 amide bonds. The van der Waals surface area contributed by atoms with E-state index in [1.54, 1.807) is 24.3 Å². The Morgan fingerprint density at radius 1 is 0.893 bits per heavy atom. The van der Waals surface area contributed by atoms with Gasteiger partial charge < -0.3 is 9.47 Å². The van der Waals surface area contributed by atoms with E-state index < -0.39 is 11.8 Å². The average molecular weight is 447 g/mol. The van der Waals surface area contributed by atoms with Crippen molar-refractivity contribution in [2.75, 3.05) is 6.61 Å². The second kappa shape index (κ2) is 9.30. The number of benzene rings is 3. The third kappa shape index (κ3) is 5.18. The summed E-state index contributed by atoms with van der Waals surface area (Å²) >= 11 is 3.33. The van der Waals surface area contributed by atoms with Crippen LogP contribution in [0.3, 0.4) is 0 Å². The number of para-hydroxylation sites is 1. The molecule has 3 aromatic rings. The van der Waals surface area contributed by atoms with Crippen LogP contribution in [0.1, 0.15) is 18.1 Å². The van der Waals surface area contributed by atoms with Crippen LogP contribution in [-0.2, 0) is 16.8 Å². The summed E-state index contributed by atoms with van der Waals surface area (Å²) in [6, 6.07) is 23.8. The van der Waals surface area contributed by atoms with Crippen LogP contribution in [0.25, 0.3) is 0 Å². The standard InChI is InChI=1S/C23H21BrF2O2/c1-23(22(25)26,18-10-12-19(24)13-11-18)16-27-15-17-6-5-9-21(14-17)28-20-7-3-2-4-8-20/h2-14,22H,15-16H2,1H3. The van der Waals surface area contributed by atoms with Gasteiger partial charge in [0.05, 0.1) is 18.6 Å². The van der Waals surface area contributed by atoms with Crippen LogP contribution in [0.2, 0.25) is 0 Å². The lowest BCUT2D eigenvalue weighted by Crippen LogP contribution is -2.36. The molecule has 1 atom stereocenters. The highest BCUT2D eigenvalue weighted by molar-refractivity contribution is 9.10. The molecule has 0 aromatic heterocycles. The highest BCUT2D eigenvalue weighted by atomic mass is 79.9. The molecule has 2 nitrogen and oxygen atoms in total. The van der Waals surface area contributed by atoms with E-state index in [1.807, 2.05) is 54.6 Å². The summed E-state index contributed by atoms with van der Waals surface area (Å²) in [4.78, 5) is 0. The Morgan fingerprint density at radius 3 is 2.25 bits per heavy atom. The van der Waals surface area contributed by atoms with E-state index in [0.717, 1.165) is 15.8 Å². The van der Waals surface area contributed by atoms with Crippen LogP contribution in [-0.4, -0.2) is 13.0 Å². The Bertz CT molecular complexity index is 885. The molecule has 0 fully saturated rings. The number of halogens is 3. The topological polar surface area (TPSA) is 18.5 Å². The van der Waals surface area contributed by atoms with Crippen molar-refractivity contribution >= 4 is 15.9 Å². The molecule has 0 spiro atoms. The molecular weight excluding hydrogens is 426 g/mol. The Labute approximate surface area is 172 Å². The van der Waals surface area contributed by atoms with Crippen LogP contribution in [0.4, 0.5) is 8.78 Å². The molecule has 3 rings (SSSR count). The van der Waals surface area contributed by atoms with Crippen LogP contribution in [0.15, 0.2) is 83.3 Å². The van der Waals surface area contributed by atoms with Gasteiger partial charge in [0.1, 0.15) is 11.5 Å². The van der Waals surface area contributed by atoms with E-state index >= 15 is 0 Å². The molecule has 5 heteroatoms. The first-order valence-corrected chi connectivity index (χ1v) is 9.70. The van der Waals surface area contributed by atoms with Gasteiger partial charge >= 0.3 is 0 Å². The molecular formula is C23H21BrF2O2. The fourth-order valence-electron chi connectivity index (χ4n) is 2.81. The summed E-state index contributed by atoms with van der Waals surface area (Å²) in [7, 11) is 0. The first-order chi connectivity index (χ1) is 13.5. The maximum atomic E-state index is 13.8. The van der Waals surface area contributed by atoms with Gasteiger partial charge in [0.25, 0.3) is 0 Å². The van der Waals surface area contributed by atoms with Gasteiger partial charge in [-0.25, -0.2) is 8.78 Å². The molecule has 0 saturated carbocycles. The normalized spacial score (nSPS) is 13.3. The predicted octanol–water partition coefficient (Wildman–Crippen LogP) is 6.98. The van der Waals surface area contributed by atoms with Crippen molar-refractivity contribution in [3.8, 4) is 11.5 Å². The highest BCUT2D eigenvalue weighted by Gasteiger charge is 2.37. The first kappa shape index (κ1) is 20.5. The quantitative estimate of drug-likeness (QED) is 0.371. The molecule has 0 aliphatic carbocycles. The minimum Gasteiger partial charge on any atom is -0.457 e. The fraction of sp³-hybridized carbons (Fsp3) is 0.217. The van der Waals surface area contributed by atoms with Crippen LogP contribution in [0.5, 0.6) is 11.5 Å². The molecule has 1 unspecified atom stereocenters. The summed E-state index contributed by atoms with van der Waals surface area (Å²) < 4.78 is 39.9. The van der Waals surface area contributed by atoms with Crippen molar-refractivity contribution in [3.05, 3.63) is 94.5 Å². The van der Waals surface area contributed by atoms with Gasteiger partial charge in [0, 0.05) is 4.47 Å². The largest absolute Gasteiger partial charge is 0.457 e. The number of alkyl halides is 2. The Kier molecular flexibility index (Phi) is 6.81. The van der Waals surface area contributed by atoms with Gasteiger partial charge in [-0.05, 0) is 54.4 Å². The van der Waals surface area contributed by atoms with Gasteiger partial charge in [0.2, 0.25) is 6.43 Å². The average Bonchev–Trinajstić information content (AvgIpc) is 2.69. The van der Waals surface area contributed by atoms with Crippen molar-refractivity contribution in [1.29, 1.82) is 0 Å². The third-order valence-corrected chi connectivity index (χ3v) is 5.06. The zero-order valence-electron chi connectivity index (χ0n) is 15.4. The zero-order valence-corrected chi connectivity index (χ0v) is 17.0. The van der Waals surface area contributed by atoms with Gasteiger partial charge in [0.15, 0.2) is 0 Å². The van der Waals surface area contributed by atoms with Gasteiger partial charge in [-0.15, -0.1) is 0 Å². The lowest BCUT2D eigenvalue weighted by atomic mass is 9.84. The molecule has 0 heterocycles. The number of hydrogen-bond acceptors (Lipinski definition) is 2. The van der Waals surface area contributed by atoms with Crippen LogP contribution < -0.4 is 4.74 Å². The minimum atomic E-state index is -2.54. The fourth-order valence-corrected chi connectivity index (χ4v) is 3.07. The Morgan fingerprint density at radius 2 is 1.57 bits per heavy atom. The molecule has 3 aromatic carbocycles. The molecule has 0 saturated heterocycles. The zero-order chi connectivity index (χ0) is 20.0. The smallest absolute Gasteiger partial charge is 0.250 e. The molecule has 0 aliphatic rings. The van der Waals surface area contributed by atoms with E-state index in [9.17, 15) is 8.78 Å². The van der Waals surface area contributed by atoms with Gasteiger partial charge in [-0.1, -0.05) is 58.4 Å².